The summed E-state index contributed by atoms with van der Waals surface area (Å²) < 4.78 is 13.9. The second-order valence-corrected chi connectivity index (χ2v) is 5.94. The minimum atomic E-state index is -0.329. The maximum absolute atomic E-state index is 13.0. The Kier molecular flexibility index (Phi) is 3.65. The van der Waals surface area contributed by atoms with E-state index in [-0.39, 0.29) is 11.7 Å². The molecular weight excluding hydrogens is 325 g/mol. The molecule has 2 nitrogen and oxygen atoms in total. The molecule has 0 saturated carbocycles. The summed E-state index contributed by atoms with van der Waals surface area (Å²) in [6.45, 7) is 0. The van der Waals surface area contributed by atoms with E-state index in [1.165, 1.54) is 22.7 Å². The average molecular weight is 332 g/mol. The summed E-state index contributed by atoms with van der Waals surface area (Å²) in [5, 5.41) is 0. The van der Waals surface area contributed by atoms with Crippen LogP contribution in [0.4, 0.5) is 4.39 Å². The van der Waals surface area contributed by atoms with Gasteiger partial charge in [0.2, 0.25) is 0 Å². The Balaban J connectivity index is 2.34. The van der Waals surface area contributed by atoms with Crippen LogP contribution in [0.2, 0.25) is 0 Å². The average Bonchev–Trinajstić information content (AvgIpc) is 2.52. The summed E-state index contributed by atoms with van der Waals surface area (Å²) in [6, 6.07) is 4.59. The van der Waals surface area contributed by atoms with Gasteiger partial charge in [-0.1, -0.05) is 30.0 Å². The molecular formula is C11H7BrFNOS2. The molecule has 0 unspecified atom stereocenters. The fourth-order valence-electron chi connectivity index (χ4n) is 1.30. The van der Waals surface area contributed by atoms with E-state index in [1.54, 1.807) is 25.3 Å². The van der Waals surface area contributed by atoms with Crippen molar-refractivity contribution in [2.24, 2.45) is 0 Å². The molecule has 1 aliphatic rings. The normalized spacial score (nSPS) is 18.3. The maximum Gasteiger partial charge on any atom is 0.265 e. The highest BCUT2D eigenvalue weighted by Crippen LogP contribution is 2.31. The van der Waals surface area contributed by atoms with Gasteiger partial charge in [0.1, 0.15) is 10.1 Å². The van der Waals surface area contributed by atoms with E-state index in [2.05, 4.69) is 15.9 Å². The maximum atomic E-state index is 13.0. The van der Waals surface area contributed by atoms with Crippen LogP contribution < -0.4 is 0 Å². The van der Waals surface area contributed by atoms with Crippen LogP contribution in [0.3, 0.4) is 0 Å². The number of thiocarbonyl (C=S) groups is 1. The molecule has 0 spiro atoms. The lowest BCUT2D eigenvalue weighted by Crippen LogP contribution is -2.22. The Labute approximate surface area is 116 Å². The fourth-order valence-corrected chi connectivity index (χ4v) is 2.88. The Morgan fingerprint density at radius 3 is 2.76 bits per heavy atom. The molecule has 0 radical (unpaired) electrons. The molecule has 0 N–H and O–H groups in total. The second kappa shape index (κ2) is 4.88. The smallest absolute Gasteiger partial charge is 0.265 e. The molecule has 6 heteroatoms. The third kappa shape index (κ3) is 2.59. The number of likely N-dealkylation sites (N-methyl/N-ethyl adjacent to an activating group) is 1. The fraction of sp³-hybridized carbons (Fsp3) is 0.0909. The first-order valence-corrected chi connectivity index (χ1v) is 6.67. The summed E-state index contributed by atoms with van der Waals surface area (Å²) in [4.78, 5) is 13.7. The first-order chi connectivity index (χ1) is 7.99. The third-order valence-corrected chi connectivity index (χ3v) is 4.32. The molecule has 88 valence electrons. The number of hydrogen-bond acceptors (Lipinski definition) is 3. The van der Waals surface area contributed by atoms with Gasteiger partial charge in [0.25, 0.3) is 5.91 Å². The van der Waals surface area contributed by atoms with E-state index in [9.17, 15) is 9.18 Å². The summed E-state index contributed by atoms with van der Waals surface area (Å²) in [5.74, 6) is -0.453. The molecule has 2 rings (SSSR count). The van der Waals surface area contributed by atoms with Gasteiger partial charge in [-0.15, -0.1) is 0 Å². The van der Waals surface area contributed by atoms with Crippen LogP contribution >= 0.6 is 39.9 Å². The van der Waals surface area contributed by atoms with E-state index in [0.29, 0.717) is 13.7 Å². The number of carbonyl (C=O) groups excluding carboxylic acids is 1. The number of halogens is 2. The second-order valence-electron chi connectivity index (χ2n) is 3.41. The molecule has 1 saturated heterocycles. The van der Waals surface area contributed by atoms with Gasteiger partial charge in [-0.25, -0.2) is 4.39 Å². The summed E-state index contributed by atoms with van der Waals surface area (Å²) in [7, 11) is 1.64. The molecule has 1 heterocycles. The zero-order valence-corrected chi connectivity index (χ0v) is 12.0. The Hall–Kier alpha value is -0.720. The van der Waals surface area contributed by atoms with Crippen molar-refractivity contribution in [3.05, 3.63) is 39.0 Å². The Morgan fingerprint density at radius 1 is 1.53 bits per heavy atom. The zero-order valence-electron chi connectivity index (χ0n) is 8.74. The Bertz CT molecular complexity index is 544. The molecule has 0 atom stereocenters. The molecule has 1 fully saturated rings. The van der Waals surface area contributed by atoms with Crippen molar-refractivity contribution < 1.29 is 9.18 Å². The Morgan fingerprint density at radius 2 is 2.24 bits per heavy atom. The number of nitrogens with zero attached hydrogens (tertiary/aromatic N) is 1. The number of amides is 1. The molecule has 1 aliphatic heterocycles. The van der Waals surface area contributed by atoms with Crippen molar-refractivity contribution in [3.63, 3.8) is 0 Å². The first-order valence-electron chi connectivity index (χ1n) is 4.65. The van der Waals surface area contributed by atoms with Crippen LogP contribution in [0.25, 0.3) is 6.08 Å². The van der Waals surface area contributed by atoms with Gasteiger partial charge in [0, 0.05) is 7.05 Å². The molecule has 17 heavy (non-hydrogen) atoms. The van der Waals surface area contributed by atoms with Crippen molar-refractivity contribution in [2.75, 3.05) is 7.05 Å². The van der Waals surface area contributed by atoms with Crippen molar-refractivity contribution >= 4 is 56.2 Å². The van der Waals surface area contributed by atoms with Gasteiger partial charge >= 0.3 is 0 Å². The van der Waals surface area contributed by atoms with Gasteiger partial charge in [-0.05, 0) is 39.7 Å². The van der Waals surface area contributed by atoms with Crippen molar-refractivity contribution in [3.8, 4) is 0 Å². The van der Waals surface area contributed by atoms with Gasteiger partial charge in [0.15, 0.2) is 0 Å². The first kappa shape index (κ1) is 12.7. The quantitative estimate of drug-likeness (QED) is 0.581. The van der Waals surface area contributed by atoms with Crippen molar-refractivity contribution in [1.29, 1.82) is 0 Å². The predicted molar refractivity (Wildman–Crippen MR) is 75.0 cm³/mol. The minimum Gasteiger partial charge on any atom is -0.296 e. The van der Waals surface area contributed by atoms with Crippen LogP contribution in [-0.2, 0) is 4.79 Å². The largest absolute Gasteiger partial charge is 0.296 e. The lowest BCUT2D eigenvalue weighted by molar-refractivity contribution is -0.121. The van der Waals surface area contributed by atoms with E-state index in [0.717, 1.165) is 5.56 Å². The molecule has 0 bridgehead atoms. The minimum absolute atomic E-state index is 0.125. The monoisotopic (exact) mass is 331 g/mol. The number of thioether (sulfide) groups is 1. The van der Waals surface area contributed by atoms with Crippen LogP contribution in [-0.4, -0.2) is 22.2 Å². The number of benzene rings is 1. The van der Waals surface area contributed by atoms with Gasteiger partial charge in [-0.2, -0.15) is 0 Å². The van der Waals surface area contributed by atoms with E-state index in [4.69, 9.17) is 12.2 Å². The van der Waals surface area contributed by atoms with Crippen LogP contribution in [0.5, 0.6) is 0 Å². The molecule has 1 aromatic rings. The van der Waals surface area contributed by atoms with E-state index < -0.39 is 0 Å². The SMILES string of the molecule is CN1C(=O)C(=Cc2ccc(F)c(Br)c2)SC1=S. The third-order valence-electron chi connectivity index (χ3n) is 2.23. The van der Waals surface area contributed by atoms with Crippen LogP contribution in [0, 0.1) is 5.82 Å². The number of hydrogen-bond donors (Lipinski definition) is 0. The van der Waals surface area contributed by atoms with Gasteiger partial charge in [-0.3, -0.25) is 9.69 Å². The summed E-state index contributed by atoms with van der Waals surface area (Å²) >= 11 is 9.37. The van der Waals surface area contributed by atoms with Crippen LogP contribution in [0.1, 0.15) is 5.56 Å². The van der Waals surface area contributed by atoms with E-state index in [1.807, 2.05) is 0 Å². The zero-order chi connectivity index (χ0) is 12.6. The highest BCUT2D eigenvalue weighted by molar-refractivity contribution is 9.10. The predicted octanol–water partition coefficient (Wildman–Crippen LogP) is 3.42. The topological polar surface area (TPSA) is 20.3 Å². The lowest BCUT2D eigenvalue weighted by Gasteiger charge is -2.03. The van der Waals surface area contributed by atoms with Gasteiger partial charge in [0.05, 0.1) is 9.38 Å². The van der Waals surface area contributed by atoms with Gasteiger partial charge < -0.3 is 0 Å². The van der Waals surface area contributed by atoms with E-state index >= 15 is 0 Å². The van der Waals surface area contributed by atoms with Crippen molar-refractivity contribution in [2.45, 2.75) is 0 Å². The molecule has 1 amide bonds. The number of carbonyl (C=O) groups is 1. The summed E-state index contributed by atoms with van der Waals surface area (Å²) in [5.41, 5.74) is 0.757. The molecule has 0 aromatic heterocycles. The molecule has 0 aliphatic carbocycles. The number of rotatable bonds is 1. The summed E-state index contributed by atoms with van der Waals surface area (Å²) in [6.07, 6.45) is 1.70. The highest BCUT2D eigenvalue weighted by atomic mass is 79.9. The molecule has 1 aromatic carbocycles. The standard InChI is InChI=1S/C11H7BrFNOS2/c1-14-10(15)9(17-11(14)16)5-6-2-3-8(13)7(12)4-6/h2-5H,1H3. The van der Waals surface area contributed by atoms with Crippen molar-refractivity contribution in [1.82, 2.24) is 4.90 Å². The highest BCUT2D eigenvalue weighted by Gasteiger charge is 2.28. The lowest BCUT2D eigenvalue weighted by atomic mass is 10.2. The van der Waals surface area contributed by atoms with Crippen LogP contribution in [0.15, 0.2) is 27.6 Å².